The molecule has 1 atom stereocenters. The summed E-state index contributed by atoms with van der Waals surface area (Å²) in [5, 5.41) is 8.48. The van der Waals surface area contributed by atoms with E-state index in [4.69, 9.17) is 0 Å². The minimum Gasteiger partial charge on any atom is -0.343 e. The van der Waals surface area contributed by atoms with Crippen molar-refractivity contribution in [3.8, 4) is 0 Å². The van der Waals surface area contributed by atoms with Gasteiger partial charge in [0.2, 0.25) is 0 Å². The van der Waals surface area contributed by atoms with Crippen LogP contribution in [0.5, 0.6) is 0 Å². The molecule has 0 saturated carbocycles. The van der Waals surface area contributed by atoms with Crippen LogP contribution in [-0.4, -0.2) is 31.6 Å². The first kappa shape index (κ1) is 23.1. The summed E-state index contributed by atoms with van der Waals surface area (Å²) in [5.74, 6) is 0.589. The highest BCUT2D eigenvalue weighted by Gasteiger charge is 2.26. The van der Waals surface area contributed by atoms with Gasteiger partial charge < -0.3 is 15.1 Å². The van der Waals surface area contributed by atoms with Gasteiger partial charge in [-0.3, -0.25) is 5.32 Å². The molecule has 3 heterocycles. The smallest absolute Gasteiger partial charge is 0.320 e. The van der Waals surface area contributed by atoms with E-state index in [0.29, 0.717) is 12.5 Å². The maximum absolute atomic E-state index is 12.9. The van der Waals surface area contributed by atoms with Crippen molar-refractivity contribution in [2.24, 2.45) is 0 Å². The molecule has 0 spiro atoms. The van der Waals surface area contributed by atoms with Crippen molar-refractivity contribution in [3.05, 3.63) is 56.9 Å². The van der Waals surface area contributed by atoms with E-state index in [-0.39, 0.29) is 6.03 Å². The molecular weight excluding hydrogens is 436 g/mol. The molecule has 0 saturated heterocycles. The van der Waals surface area contributed by atoms with E-state index in [9.17, 15) is 4.79 Å². The van der Waals surface area contributed by atoms with Crippen LogP contribution in [0, 0.1) is 6.92 Å². The van der Waals surface area contributed by atoms with Crippen LogP contribution in [0.4, 0.5) is 14.8 Å². The molecule has 2 amide bonds. The zero-order valence-corrected chi connectivity index (χ0v) is 21.2. The Morgan fingerprint density at radius 1 is 1.31 bits per heavy atom. The third-order valence-electron chi connectivity index (χ3n) is 6.56. The molecule has 1 aliphatic carbocycles. The fourth-order valence-corrected chi connectivity index (χ4v) is 7.63. The van der Waals surface area contributed by atoms with Gasteiger partial charge in [-0.2, -0.15) is 0 Å². The maximum Gasteiger partial charge on any atom is 0.320 e. The second-order valence-electron chi connectivity index (χ2n) is 8.96. The molecule has 7 heteroatoms. The summed E-state index contributed by atoms with van der Waals surface area (Å²) in [6, 6.07) is -0.123. The van der Waals surface area contributed by atoms with Crippen molar-refractivity contribution < 1.29 is 4.79 Å². The number of anilines is 2. The van der Waals surface area contributed by atoms with E-state index in [1.807, 2.05) is 23.6 Å². The van der Waals surface area contributed by atoms with Gasteiger partial charge in [-0.05, 0) is 68.3 Å². The normalized spacial score (nSPS) is 18.3. The van der Waals surface area contributed by atoms with Crippen LogP contribution in [0.2, 0.25) is 0 Å². The predicted octanol–water partition coefficient (Wildman–Crippen LogP) is 6.00. The molecule has 0 bridgehead atoms. The summed E-state index contributed by atoms with van der Waals surface area (Å²) in [4.78, 5) is 20.2. The molecule has 2 aromatic heterocycles. The predicted molar refractivity (Wildman–Crippen MR) is 138 cm³/mol. The number of aryl methyl sites for hydroxylation is 1. The number of hydrogen-bond donors (Lipinski definition) is 2. The number of allylic oxidation sites excluding steroid dienone is 2. The number of carbonyl (C=O) groups is 1. The van der Waals surface area contributed by atoms with Crippen LogP contribution in [0.15, 0.2) is 24.9 Å². The molecule has 2 N–H and O–H groups in total. The van der Waals surface area contributed by atoms with E-state index in [2.05, 4.69) is 55.0 Å². The second kappa shape index (κ2) is 9.81. The number of rotatable bonds is 6. The monoisotopic (exact) mass is 470 g/mol. The first-order chi connectivity index (χ1) is 15.4. The molecule has 0 aromatic carbocycles. The Labute approximate surface area is 199 Å². The van der Waals surface area contributed by atoms with Crippen molar-refractivity contribution in [2.45, 2.75) is 58.5 Å². The molecule has 172 valence electrons. The summed E-state index contributed by atoms with van der Waals surface area (Å²) in [7, 11) is 4.23. The van der Waals surface area contributed by atoms with E-state index in [0.717, 1.165) is 30.9 Å². The Bertz CT molecular complexity index is 1040. The summed E-state index contributed by atoms with van der Waals surface area (Å²) in [6.45, 7) is 10.8. The first-order valence-electron chi connectivity index (χ1n) is 11.4. The third-order valence-corrected chi connectivity index (χ3v) is 9.19. The minimum absolute atomic E-state index is 0.123. The Morgan fingerprint density at radius 3 is 2.88 bits per heavy atom. The zero-order valence-electron chi connectivity index (χ0n) is 19.6. The SMILES string of the molecule is C=C/C=C\N(C)c1sc2c(c1CNC(=O)Nc1sc3c(c1C)C(C)CCC3)CCN(C)C2. The topological polar surface area (TPSA) is 47.6 Å². The van der Waals surface area contributed by atoms with E-state index >= 15 is 0 Å². The number of nitrogens with zero attached hydrogens (tertiary/aromatic N) is 2. The highest BCUT2D eigenvalue weighted by molar-refractivity contribution is 7.17. The van der Waals surface area contributed by atoms with Gasteiger partial charge in [0.15, 0.2) is 0 Å². The van der Waals surface area contributed by atoms with Crippen molar-refractivity contribution in [1.29, 1.82) is 0 Å². The number of carbonyl (C=O) groups excluding carboxylic acids is 1. The molecule has 0 radical (unpaired) electrons. The summed E-state index contributed by atoms with van der Waals surface area (Å²) < 4.78 is 0. The Kier molecular flexibility index (Phi) is 7.08. The summed E-state index contributed by atoms with van der Waals surface area (Å²) in [6.07, 6.45) is 10.4. The molecular formula is C25H34N4OS2. The summed E-state index contributed by atoms with van der Waals surface area (Å²) in [5.41, 5.74) is 5.35. The molecule has 0 fully saturated rings. The fourth-order valence-electron chi connectivity index (χ4n) is 4.87. The molecule has 1 unspecified atom stereocenters. The molecule has 5 nitrogen and oxygen atoms in total. The number of thiophene rings is 2. The number of nitrogens with one attached hydrogen (secondary N) is 2. The van der Waals surface area contributed by atoms with Crippen molar-refractivity contribution in [1.82, 2.24) is 10.2 Å². The average Bonchev–Trinajstić information content (AvgIpc) is 3.28. The highest BCUT2D eigenvalue weighted by Crippen LogP contribution is 2.43. The van der Waals surface area contributed by atoms with Crippen LogP contribution >= 0.6 is 22.7 Å². The number of fused-ring (bicyclic) bond motifs is 2. The van der Waals surface area contributed by atoms with Crippen molar-refractivity contribution >= 4 is 38.7 Å². The first-order valence-corrected chi connectivity index (χ1v) is 13.0. The lowest BCUT2D eigenvalue weighted by molar-refractivity contribution is 0.251. The Morgan fingerprint density at radius 2 is 2.12 bits per heavy atom. The molecule has 2 aromatic rings. The van der Waals surface area contributed by atoms with Gasteiger partial charge in [0.1, 0.15) is 5.00 Å². The van der Waals surface area contributed by atoms with Crippen LogP contribution in [0.1, 0.15) is 57.7 Å². The third kappa shape index (κ3) is 4.65. The van der Waals surface area contributed by atoms with Crippen LogP contribution in [0.3, 0.4) is 0 Å². The van der Waals surface area contributed by atoms with Gasteiger partial charge >= 0.3 is 6.03 Å². The fraction of sp³-hybridized carbons (Fsp3) is 0.480. The van der Waals surface area contributed by atoms with Crippen molar-refractivity contribution in [3.63, 3.8) is 0 Å². The van der Waals surface area contributed by atoms with Crippen LogP contribution in [-0.2, 0) is 25.9 Å². The lowest BCUT2D eigenvalue weighted by Gasteiger charge is -2.23. The van der Waals surface area contributed by atoms with Gasteiger partial charge in [0.25, 0.3) is 0 Å². The number of hydrogen-bond acceptors (Lipinski definition) is 5. The van der Waals surface area contributed by atoms with Crippen molar-refractivity contribution in [2.75, 3.05) is 30.9 Å². The highest BCUT2D eigenvalue weighted by atomic mass is 32.1. The Hall–Kier alpha value is -2.09. The molecule has 4 rings (SSSR count). The van der Waals surface area contributed by atoms with Gasteiger partial charge in [-0.15, -0.1) is 22.7 Å². The quantitative estimate of drug-likeness (QED) is 0.509. The van der Waals surface area contributed by atoms with E-state index in [1.54, 1.807) is 17.4 Å². The minimum atomic E-state index is -0.123. The maximum atomic E-state index is 12.9. The molecule has 1 aliphatic heterocycles. The van der Waals surface area contributed by atoms with E-state index in [1.165, 1.54) is 49.9 Å². The van der Waals surface area contributed by atoms with Crippen LogP contribution < -0.4 is 15.5 Å². The number of likely N-dealkylation sites (N-methyl/N-ethyl adjacent to an activating group) is 1. The van der Waals surface area contributed by atoms with Gasteiger partial charge in [0, 0.05) is 48.2 Å². The zero-order chi connectivity index (χ0) is 22.8. The Balaban J connectivity index is 1.50. The number of amides is 2. The molecule has 2 aliphatic rings. The average molecular weight is 471 g/mol. The standard InChI is InChI=1S/C25H34N4OS2/c1-6-7-12-29(5)24-19(18-11-13-28(4)15-21(18)32-24)14-26-25(30)27-23-17(3)22-16(2)9-8-10-20(22)31-23/h6-7,12,16H,1,8-11,13-15H2,2-5H3,(H2,26,27,30)/b12-7-. The summed E-state index contributed by atoms with van der Waals surface area (Å²) >= 11 is 3.59. The lowest BCUT2D eigenvalue weighted by atomic mass is 9.87. The van der Waals surface area contributed by atoms with Gasteiger partial charge in [-0.1, -0.05) is 19.6 Å². The van der Waals surface area contributed by atoms with E-state index < -0.39 is 0 Å². The molecule has 32 heavy (non-hydrogen) atoms. The lowest BCUT2D eigenvalue weighted by Crippen LogP contribution is -2.30. The van der Waals surface area contributed by atoms with Crippen LogP contribution in [0.25, 0.3) is 0 Å². The number of urea groups is 1. The van der Waals surface area contributed by atoms with Gasteiger partial charge in [0.05, 0.1) is 5.00 Å². The largest absolute Gasteiger partial charge is 0.343 e. The van der Waals surface area contributed by atoms with Gasteiger partial charge in [-0.25, -0.2) is 4.79 Å². The second-order valence-corrected chi connectivity index (χ2v) is 11.1.